The van der Waals surface area contributed by atoms with Crippen LogP contribution >= 0.6 is 0 Å². The zero-order valence-electron chi connectivity index (χ0n) is 18.2. The van der Waals surface area contributed by atoms with Gasteiger partial charge in [-0.25, -0.2) is 15.0 Å². The van der Waals surface area contributed by atoms with E-state index >= 15 is 0 Å². The van der Waals surface area contributed by atoms with E-state index < -0.39 is 0 Å². The number of fused-ring (bicyclic) bond motifs is 3. The summed E-state index contributed by atoms with van der Waals surface area (Å²) >= 11 is 0. The summed E-state index contributed by atoms with van der Waals surface area (Å²) in [7, 11) is 1.82. The molecule has 0 amide bonds. The molecular weight excluding hydrogens is 394 g/mol. The van der Waals surface area contributed by atoms with Crippen LogP contribution in [0.2, 0.25) is 0 Å². The van der Waals surface area contributed by atoms with Crippen LogP contribution in [-0.2, 0) is 11.3 Å². The van der Waals surface area contributed by atoms with E-state index in [1.54, 1.807) is 12.4 Å². The Balaban J connectivity index is 1.39. The normalized spacial score (nSPS) is 23.1. The Morgan fingerprint density at radius 2 is 1.94 bits per heavy atom. The summed E-state index contributed by atoms with van der Waals surface area (Å²) in [4.78, 5) is 20.5. The molecular formula is C22H29N7O2. The van der Waals surface area contributed by atoms with Gasteiger partial charge in [0.2, 0.25) is 5.95 Å². The summed E-state index contributed by atoms with van der Waals surface area (Å²) in [6, 6.07) is 3.98. The van der Waals surface area contributed by atoms with Crippen molar-refractivity contribution in [2.45, 2.75) is 45.4 Å². The Hall–Kier alpha value is -2.78. The number of piperidine rings is 1. The third-order valence-electron chi connectivity index (χ3n) is 6.51. The number of hydrogen-bond acceptors (Lipinski definition) is 8. The van der Waals surface area contributed by atoms with Crippen molar-refractivity contribution in [3.8, 4) is 0 Å². The largest absolute Gasteiger partial charge is 0.388 e. The molecule has 3 aromatic rings. The van der Waals surface area contributed by atoms with E-state index in [0.717, 1.165) is 30.1 Å². The first kappa shape index (κ1) is 20.1. The number of nitrogens with one attached hydrogen (secondary N) is 1. The summed E-state index contributed by atoms with van der Waals surface area (Å²) in [5, 5.41) is 13.0. The molecule has 5 rings (SSSR count). The number of pyridine rings is 1. The molecule has 2 unspecified atom stereocenters. The number of imidazole rings is 1. The Bertz CT molecular complexity index is 1070. The van der Waals surface area contributed by atoms with Crippen LogP contribution in [0.3, 0.4) is 0 Å². The summed E-state index contributed by atoms with van der Waals surface area (Å²) in [6.07, 6.45) is 6.30. The standard InChI is InChI=1S/C22H29N7O2/c1-13(2)29-17-8-19(24-9-16(17)25-20(29)12-30)26-18-6-7-23-22(27-18)28-10-14-4-5-15(11-28)21(14)31-3/h6-9,13-15,21,30H,4-5,10-12H2,1-3H3,(H,23,24,26,27). The fraction of sp³-hybridized carbons (Fsp3) is 0.545. The highest BCUT2D eigenvalue weighted by molar-refractivity contribution is 5.79. The number of aromatic nitrogens is 5. The number of aliphatic hydroxyl groups excluding tert-OH is 1. The van der Waals surface area contributed by atoms with Crippen LogP contribution < -0.4 is 10.2 Å². The number of ether oxygens (including phenoxy) is 1. The van der Waals surface area contributed by atoms with Crippen molar-refractivity contribution < 1.29 is 9.84 Å². The zero-order valence-corrected chi connectivity index (χ0v) is 18.2. The number of rotatable bonds is 6. The second-order valence-corrected chi connectivity index (χ2v) is 8.78. The highest BCUT2D eigenvalue weighted by Crippen LogP contribution is 2.39. The molecule has 3 aromatic heterocycles. The molecule has 1 saturated carbocycles. The molecule has 31 heavy (non-hydrogen) atoms. The molecule has 2 fully saturated rings. The molecule has 0 aromatic carbocycles. The van der Waals surface area contributed by atoms with Gasteiger partial charge in [0.15, 0.2) is 0 Å². The third-order valence-corrected chi connectivity index (χ3v) is 6.51. The van der Waals surface area contributed by atoms with Crippen LogP contribution in [0.15, 0.2) is 24.5 Å². The lowest BCUT2D eigenvalue weighted by molar-refractivity contribution is 0.0293. The fourth-order valence-corrected chi connectivity index (χ4v) is 5.23. The molecule has 1 saturated heterocycles. The number of anilines is 3. The van der Waals surface area contributed by atoms with Gasteiger partial charge in [0.05, 0.1) is 17.8 Å². The molecule has 2 atom stereocenters. The van der Waals surface area contributed by atoms with Crippen molar-refractivity contribution in [2.24, 2.45) is 11.8 Å². The second kappa shape index (κ2) is 8.05. The van der Waals surface area contributed by atoms with Gasteiger partial charge in [-0.1, -0.05) is 0 Å². The highest BCUT2D eigenvalue weighted by Gasteiger charge is 2.42. The minimum absolute atomic E-state index is 0.105. The van der Waals surface area contributed by atoms with Crippen LogP contribution in [0.4, 0.5) is 17.6 Å². The smallest absolute Gasteiger partial charge is 0.227 e. The molecule has 1 aliphatic heterocycles. The van der Waals surface area contributed by atoms with Crippen molar-refractivity contribution in [2.75, 3.05) is 30.4 Å². The molecule has 4 heterocycles. The molecule has 0 spiro atoms. The van der Waals surface area contributed by atoms with Crippen molar-refractivity contribution in [3.05, 3.63) is 30.4 Å². The third kappa shape index (κ3) is 3.61. The van der Waals surface area contributed by atoms with E-state index in [4.69, 9.17) is 9.72 Å². The molecule has 2 aliphatic rings. The van der Waals surface area contributed by atoms with E-state index in [1.807, 2.05) is 23.8 Å². The first-order valence-corrected chi connectivity index (χ1v) is 10.9. The van der Waals surface area contributed by atoms with E-state index in [-0.39, 0.29) is 12.6 Å². The number of hydrogen-bond donors (Lipinski definition) is 2. The van der Waals surface area contributed by atoms with Gasteiger partial charge in [-0.15, -0.1) is 0 Å². The quantitative estimate of drug-likeness (QED) is 0.624. The van der Waals surface area contributed by atoms with Crippen molar-refractivity contribution in [1.82, 2.24) is 24.5 Å². The van der Waals surface area contributed by atoms with Crippen LogP contribution in [0.1, 0.15) is 38.6 Å². The highest BCUT2D eigenvalue weighted by atomic mass is 16.5. The van der Waals surface area contributed by atoms with Crippen LogP contribution in [0.5, 0.6) is 0 Å². The SMILES string of the molecule is COC1C2CCC1CN(c1nccc(Nc3cc4c(cn3)nc(CO)n4C(C)C)n1)C2. The van der Waals surface area contributed by atoms with Gasteiger partial charge < -0.3 is 24.6 Å². The van der Waals surface area contributed by atoms with E-state index in [0.29, 0.717) is 35.4 Å². The second-order valence-electron chi connectivity index (χ2n) is 8.78. The van der Waals surface area contributed by atoms with E-state index in [2.05, 4.69) is 39.0 Å². The molecule has 9 heteroatoms. The van der Waals surface area contributed by atoms with Crippen molar-refractivity contribution >= 4 is 28.6 Å². The average molecular weight is 424 g/mol. The molecule has 2 bridgehead atoms. The van der Waals surface area contributed by atoms with Crippen LogP contribution in [0.25, 0.3) is 11.0 Å². The number of aliphatic hydroxyl groups is 1. The predicted molar refractivity (Wildman–Crippen MR) is 118 cm³/mol. The van der Waals surface area contributed by atoms with Gasteiger partial charge >= 0.3 is 0 Å². The van der Waals surface area contributed by atoms with E-state index in [9.17, 15) is 5.11 Å². The zero-order chi connectivity index (χ0) is 21.5. The van der Waals surface area contributed by atoms with Gasteiger partial charge in [0.25, 0.3) is 0 Å². The number of nitrogens with zero attached hydrogens (tertiary/aromatic N) is 6. The van der Waals surface area contributed by atoms with Crippen LogP contribution in [-0.4, -0.2) is 55.9 Å². The minimum atomic E-state index is -0.105. The molecule has 2 N–H and O–H groups in total. The minimum Gasteiger partial charge on any atom is -0.388 e. The van der Waals surface area contributed by atoms with Gasteiger partial charge in [0, 0.05) is 50.3 Å². The number of methoxy groups -OCH3 is 1. The Morgan fingerprint density at radius 1 is 1.16 bits per heavy atom. The van der Waals surface area contributed by atoms with Gasteiger partial charge in [-0.3, -0.25) is 0 Å². The Labute approximate surface area is 181 Å². The first-order valence-electron chi connectivity index (χ1n) is 10.9. The maximum absolute atomic E-state index is 9.65. The van der Waals surface area contributed by atoms with Crippen LogP contribution in [0, 0.1) is 11.8 Å². The Morgan fingerprint density at radius 3 is 2.61 bits per heavy atom. The molecule has 0 radical (unpaired) electrons. The average Bonchev–Trinajstić information content (AvgIpc) is 3.26. The lowest BCUT2D eigenvalue weighted by Gasteiger charge is -2.37. The summed E-state index contributed by atoms with van der Waals surface area (Å²) in [5.74, 6) is 3.86. The van der Waals surface area contributed by atoms with Crippen molar-refractivity contribution in [1.29, 1.82) is 0 Å². The molecule has 1 aliphatic carbocycles. The fourth-order valence-electron chi connectivity index (χ4n) is 5.23. The predicted octanol–water partition coefficient (Wildman–Crippen LogP) is 2.90. The van der Waals surface area contributed by atoms with Gasteiger partial charge in [0.1, 0.15) is 29.6 Å². The molecule has 164 valence electrons. The summed E-state index contributed by atoms with van der Waals surface area (Å²) < 4.78 is 7.76. The van der Waals surface area contributed by atoms with Gasteiger partial charge in [-0.05, 0) is 32.8 Å². The monoisotopic (exact) mass is 423 g/mol. The lowest BCUT2D eigenvalue weighted by atomic mass is 9.95. The topological polar surface area (TPSA) is 101 Å². The first-order chi connectivity index (χ1) is 15.1. The lowest BCUT2D eigenvalue weighted by Crippen LogP contribution is -2.46. The summed E-state index contributed by atoms with van der Waals surface area (Å²) in [6.45, 7) is 5.90. The maximum Gasteiger partial charge on any atom is 0.227 e. The van der Waals surface area contributed by atoms with E-state index in [1.165, 1.54) is 12.8 Å². The molecule has 9 nitrogen and oxygen atoms in total. The Kier molecular flexibility index (Phi) is 5.23. The van der Waals surface area contributed by atoms with Crippen molar-refractivity contribution in [3.63, 3.8) is 0 Å². The van der Waals surface area contributed by atoms with Gasteiger partial charge in [-0.2, -0.15) is 4.98 Å². The summed E-state index contributed by atoms with van der Waals surface area (Å²) in [5.41, 5.74) is 1.70. The maximum atomic E-state index is 9.65.